The number of rotatable bonds is 3. The van der Waals surface area contributed by atoms with Crippen molar-refractivity contribution in [1.29, 1.82) is 0 Å². The molecule has 9 heteroatoms. The van der Waals surface area contributed by atoms with Crippen LogP contribution < -0.4 is 5.73 Å². The van der Waals surface area contributed by atoms with Crippen molar-refractivity contribution in [2.24, 2.45) is 5.73 Å². The van der Waals surface area contributed by atoms with E-state index in [4.69, 9.17) is 10.5 Å². The van der Waals surface area contributed by atoms with Crippen LogP contribution in [0.15, 0.2) is 0 Å². The molecule has 1 aromatic rings. The average Bonchev–Trinajstić information content (AvgIpc) is 2.68. The van der Waals surface area contributed by atoms with E-state index in [2.05, 4.69) is 10.3 Å². The van der Waals surface area contributed by atoms with Crippen LogP contribution in [-0.4, -0.2) is 55.8 Å². The van der Waals surface area contributed by atoms with Crippen molar-refractivity contribution in [2.75, 3.05) is 13.1 Å². The molecule has 1 amide bonds. The van der Waals surface area contributed by atoms with Crippen LogP contribution in [-0.2, 0) is 11.3 Å². The molecule has 1 aliphatic rings. The Morgan fingerprint density at radius 2 is 2.05 bits per heavy atom. The van der Waals surface area contributed by atoms with Crippen molar-refractivity contribution in [2.45, 2.75) is 39.0 Å². The first-order chi connectivity index (χ1) is 9.73. The lowest BCUT2D eigenvalue weighted by molar-refractivity contribution is -0.00102. The Kier molecular flexibility index (Phi) is 3.86. The lowest BCUT2D eigenvalue weighted by Gasteiger charge is -2.39. The summed E-state index contributed by atoms with van der Waals surface area (Å²) in [6.45, 7) is 6.04. The maximum absolute atomic E-state index is 11.8. The Balaban J connectivity index is 2.04. The van der Waals surface area contributed by atoms with Gasteiger partial charge < -0.3 is 20.5 Å². The number of nitrogens with zero attached hydrogens (tertiary/aromatic N) is 4. The number of carbonyl (C=O) groups is 2. The number of aromatic carboxylic acids is 1. The van der Waals surface area contributed by atoms with Crippen LogP contribution in [0.1, 0.15) is 43.0 Å². The molecule has 3 N–H and O–H groups in total. The van der Waals surface area contributed by atoms with Crippen LogP contribution in [0.4, 0.5) is 4.79 Å². The molecule has 21 heavy (non-hydrogen) atoms. The molecule has 0 aromatic carbocycles. The van der Waals surface area contributed by atoms with Gasteiger partial charge in [0.2, 0.25) is 0 Å². The zero-order chi connectivity index (χ0) is 15.8. The summed E-state index contributed by atoms with van der Waals surface area (Å²) in [7, 11) is 0. The number of carbonyl (C=O) groups excluding carboxylic acids is 1. The van der Waals surface area contributed by atoms with Crippen molar-refractivity contribution in [1.82, 2.24) is 19.9 Å². The van der Waals surface area contributed by atoms with Crippen LogP contribution in [0.3, 0.4) is 0 Å². The van der Waals surface area contributed by atoms with Gasteiger partial charge in [-0.15, -0.1) is 5.10 Å². The average molecular weight is 297 g/mol. The minimum Gasteiger partial charge on any atom is -0.476 e. The molecule has 2 rings (SSSR count). The number of ether oxygens (including phenoxy) is 1. The van der Waals surface area contributed by atoms with Gasteiger partial charge in [-0.25, -0.2) is 14.3 Å². The topological polar surface area (TPSA) is 124 Å². The molecule has 1 saturated heterocycles. The van der Waals surface area contributed by atoms with Crippen LogP contribution in [0, 0.1) is 0 Å². The molecule has 116 valence electrons. The van der Waals surface area contributed by atoms with Crippen LogP contribution in [0.2, 0.25) is 0 Å². The summed E-state index contributed by atoms with van der Waals surface area (Å²) >= 11 is 0. The van der Waals surface area contributed by atoms with Gasteiger partial charge >= 0.3 is 12.1 Å². The number of likely N-dealkylation sites (tertiary alicyclic amines) is 1. The molecule has 1 fully saturated rings. The van der Waals surface area contributed by atoms with Gasteiger partial charge in [-0.05, 0) is 20.8 Å². The Bertz CT molecular complexity index is 556. The number of nitrogens with two attached hydrogens (primary N) is 1. The highest BCUT2D eigenvalue weighted by Crippen LogP contribution is 2.25. The van der Waals surface area contributed by atoms with E-state index in [0.29, 0.717) is 13.1 Å². The maximum atomic E-state index is 11.8. The minimum absolute atomic E-state index is 0.00410. The molecule has 0 atom stereocenters. The van der Waals surface area contributed by atoms with E-state index in [0.717, 1.165) is 0 Å². The van der Waals surface area contributed by atoms with E-state index >= 15 is 0 Å². The standard InChI is InChI=1S/C12H19N5O4/c1-12(2,3)21-11(20)16-5-7(6-16)17-9(10(18)19)8(4-13)14-15-17/h7H,4-6,13H2,1-3H3,(H,18,19). The molecule has 0 bridgehead atoms. The summed E-state index contributed by atoms with van der Waals surface area (Å²) in [6, 6.07) is -0.226. The number of carboxylic acid groups (broad SMARTS) is 1. The number of amides is 1. The van der Waals surface area contributed by atoms with Crippen molar-refractivity contribution >= 4 is 12.1 Å². The summed E-state index contributed by atoms with van der Waals surface area (Å²) in [6.07, 6.45) is -0.421. The zero-order valence-electron chi connectivity index (χ0n) is 12.2. The zero-order valence-corrected chi connectivity index (χ0v) is 12.2. The first-order valence-electron chi connectivity index (χ1n) is 6.58. The monoisotopic (exact) mass is 297 g/mol. The van der Waals surface area contributed by atoms with Crippen molar-refractivity contribution < 1.29 is 19.4 Å². The summed E-state index contributed by atoms with van der Waals surface area (Å²) in [5.74, 6) is -1.13. The Labute approximate surface area is 121 Å². The number of hydrogen-bond donors (Lipinski definition) is 2. The predicted molar refractivity (Wildman–Crippen MR) is 71.7 cm³/mol. The third-order valence-electron chi connectivity index (χ3n) is 3.02. The van der Waals surface area contributed by atoms with Crippen molar-refractivity contribution in [3.8, 4) is 0 Å². The van der Waals surface area contributed by atoms with Gasteiger partial charge in [0.15, 0.2) is 5.69 Å². The summed E-state index contributed by atoms with van der Waals surface area (Å²) in [5.41, 5.74) is 5.09. The fourth-order valence-electron chi connectivity index (χ4n) is 2.03. The molecule has 0 aliphatic carbocycles. The SMILES string of the molecule is CC(C)(C)OC(=O)N1CC(n2nnc(CN)c2C(=O)O)C1. The fraction of sp³-hybridized carbons (Fsp3) is 0.667. The number of carboxylic acids is 1. The van der Waals surface area contributed by atoms with Gasteiger partial charge in [-0.3, -0.25) is 0 Å². The smallest absolute Gasteiger partial charge is 0.410 e. The molecular formula is C12H19N5O4. The largest absolute Gasteiger partial charge is 0.476 e. The van der Waals surface area contributed by atoms with Crippen molar-refractivity contribution in [3.63, 3.8) is 0 Å². The molecule has 0 unspecified atom stereocenters. The van der Waals surface area contributed by atoms with E-state index in [1.165, 1.54) is 9.58 Å². The summed E-state index contributed by atoms with van der Waals surface area (Å²) < 4.78 is 6.55. The van der Waals surface area contributed by atoms with Gasteiger partial charge in [0.05, 0.1) is 6.04 Å². The molecule has 0 saturated carbocycles. The molecule has 2 heterocycles. The first-order valence-corrected chi connectivity index (χ1v) is 6.58. The second-order valence-electron chi connectivity index (χ2n) is 5.88. The molecule has 1 aliphatic heterocycles. The minimum atomic E-state index is -1.13. The Morgan fingerprint density at radius 1 is 1.43 bits per heavy atom. The lowest BCUT2D eigenvalue weighted by atomic mass is 10.1. The van der Waals surface area contributed by atoms with Gasteiger partial charge in [-0.1, -0.05) is 5.21 Å². The van der Waals surface area contributed by atoms with Gasteiger partial charge in [0.1, 0.15) is 11.3 Å². The van der Waals surface area contributed by atoms with Gasteiger partial charge in [0, 0.05) is 19.6 Å². The Morgan fingerprint density at radius 3 is 2.52 bits per heavy atom. The highest BCUT2D eigenvalue weighted by atomic mass is 16.6. The molecule has 1 aromatic heterocycles. The summed E-state index contributed by atoms with van der Waals surface area (Å²) in [4.78, 5) is 24.6. The molecular weight excluding hydrogens is 278 g/mol. The number of aromatic nitrogens is 3. The van der Waals surface area contributed by atoms with Crippen molar-refractivity contribution in [3.05, 3.63) is 11.4 Å². The fourth-order valence-corrected chi connectivity index (χ4v) is 2.03. The lowest BCUT2D eigenvalue weighted by Crippen LogP contribution is -2.52. The highest BCUT2D eigenvalue weighted by molar-refractivity contribution is 5.86. The van der Waals surface area contributed by atoms with E-state index in [1.807, 2.05) is 0 Å². The first kappa shape index (κ1) is 15.2. The maximum Gasteiger partial charge on any atom is 0.410 e. The van der Waals surface area contributed by atoms with Gasteiger partial charge in [-0.2, -0.15) is 0 Å². The number of hydrogen-bond acceptors (Lipinski definition) is 6. The summed E-state index contributed by atoms with van der Waals surface area (Å²) in [5, 5.41) is 16.8. The molecule has 0 spiro atoms. The predicted octanol–water partition coefficient (Wildman–Crippen LogP) is 0.227. The second-order valence-corrected chi connectivity index (χ2v) is 5.88. The van der Waals surface area contributed by atoms with E-state index in [1.54, 1.807) is 20.8 Å². The van der Waals surface area contributed by atoms with E-state index < -0.39 is 17.7 Å². The highest BCUT2D eigenvalue weighted by Gasteiger charge is 2.37. The third-order valence-corrected chi connectivity index (χ3v) is 3.02. The van der Waals surface area contributed by atoms with E-state index in [9.17, 15) is 14.7 Å². The van der Waals surface area contributed by atoms with Crippen LogP contribution >= 0.6 is 0 Å². The van der Waals surface area contributed by atoms with Crippen LogP contribution in [0.5, 0.6) is 0 Å². The molecule has 9 nitrogen and oxygen atoms in total. The normalized spacial score (nSPS) is 15.7. The molecule has 0 radical (unpaired) electrons. The van der Waals surface area contributed by atoms with Crippen LogP contribution in [0.25, 0.3) is 0 Å². The Hall–Kier alpha value is -2.16. The van der Waals surface area contributed by atoms with E-state index in [-0.39, 0.29) is 24.0 Å². The quantitative estimate of drug-likeness (QED) is 0.818. The van der Waals surface area contributed by atoms with Gasteiger partial charge in [0.25, 0.3) is 0 Å². The second kappa shape index (κ2) is 5.32. The third kappa shape index (κ3) is 3.13.